The maximum Gasteiger partial charge on any atom is 0.434 e. The van der Waals surface area contributed by atoms with E-state index in [1.807, 2.05) is 6.92 Å². The molecule has 1 N–H and O–H groups in total. The third kappa shape index (κ3) is 5.11. The first kappa shape index (κ1) is 22.5. The number of alkyl halides is 3. The van der Waals surface area contributed by atoms with Gasteiger partial charge in [0.25, 0.3) is 5.91 Å². The second-order valence-corrected chi connectivity index (χ2v) is 7.40. The van der Waals surface area contributed by atoms with Crippen LogP contribution in [-0.2, 0) is 6.18 Å². The van der Waals surface area contributed by atoms with Gasteiger partial charge < -0.3 is 10.2 Å². The highest BCUT2D eigenvalue weighted by molar-refractivity contribution is 5.95. The Bertz CT molecular complexity index is 1060. The summed E-state index contributed by atoms with van der Waals surface area (Å²) in [4.78, 5) is 14.4. The number of aromatic nitrogens is 2. The lowest BCUT2D eigenvalue weighted by molar-refractivity contribution is -0.143. The van der Waals surface area contributed by atoms with Crippen molar-refractivity contribution in [1.82, 2.24) is 20.0 Å². The van der Waals surface area contributed by atoms with Crippen LogP contribution in [0.2, 0.25) is 0 Å². The van der Waals surface area contributed by atoms with Crippen molar-refractivity contribution in [2.45, 2.75) is 19.1 Å². The van der Waals surface area contributed by atoms with Crippen molar-refractivity contribution in [3.05, 3.63) is 82.9 Å². The molecule has 31 heavy (non-hydrogen) atoms. The lowest BCUT2D eigenvalue weighted by Gasteiger charge is -2.25. The standard InChI is InChI=1S/C22H22F4N4O/c1-14-7-9-17(10-8-14)30-20(22(24,25)26)18(12-28-30)21(31)27-13-19(29(2)3)15-5-4-6-16(23)11-15/h4-12,19H,13H2,1-3H3,(H,27,31). The van der Waals surface area contributed by atoms with Crippen molar-refractivity contribution in [3.63, 3.8) is 0 Å². The Morgan fingerprint density at radius 3 is 2.42 bits per heavy atom. The molecule has 164 valence electrons. The monoisotopic (exact) mass is 434 g/mol. The summed E-state index contributed by atoms with van der Waals surface area (Å²) in [5.41, 5.74) is -0.0556. The van der Waals surface area contributed by atoms with Gasteiger partial charge in [-0.2, -0.15) is 18.3 Å². The van der Waals surface area contributed by atoms with Gasteiger partial charge in [0.05, 0.1) is 23.5 Å². The Hall–Kier alpha value is -3.20. The number of nitrogens with one attached hydrogen (secondary N) is 1. The van der Waals surface area contributed by atoms with Crippen LogP contribution in [0.4, 0.5) is 17.6 Å². The smallest absolute Gasteiger partial charge is 0.350 e. The molecule has 0 saturated carbocycles. The Balaban J connectivity index is 1.88. The van der Waals surface area contributed by atoms with Crippen LogP contribution in [0, 0.1) is 12.7 Å². The topological polar surface area (TPSA) is 50.2 Å². The largest absolute Gasteiger partial charge is 0.434 e. The zero-order valence-corrected chi connectivity index (χ0v) is 17.2. The molecule has 5 nitrogen and oxygen atoms in total. The first-order valence-corrected chi connectivity index (χ1v) is 9.50. The molecule has 3 aromatic rings. The summed E-state index contributed by atoms with van der Waals surface area (Å²) in [5.74, 6) is -1.34. The predicted molar refractivity (Wildman–Crippen MR) is 108 cm³/mol. The highest BCUT2D eigenvalue weighted by Gasteiger charge is 2.40. The third-order valence-corrected chi connectivity index (χ3v) is 4.87. The molecular formula is C22H22F4N4O. The quantitative estimate of drug-likeness (QED) is 0.586. The molecule has 3 rings (SSSR count). The summed E-state index contributed by atoms with van der Waals surface area (Å²) in [6, 6.07) is 11.8. The summed E-state index contributed by atoms with van der Waals surface area (Å²) in [7, 11) is 3.47. The molecule has 1 atom stereocenters. The van der Waals surface area contributed by atoms with Gasteiger partial charge in [-0.05, 0) is 50.8 Å². The van der Waals surface area contributed by atoms with E-state index in [1.54, 1.807) is 37.2 Å². The SMILES string of the molecule is Cc1ccc(-n2ncc(C(=O)NCC(c3cccc(F)c3)N(C)C)c2C(F)(F)F)cc1. The van der Waals surface area contributed by atoms with Gasteiger partial charge >= 0.3 is 6.18 Å². The lowest BCUT2D eigenvalue weighted by atomic mass is 10.1. The van der Waals surface area contributed by atoms with Gasteiger partial charge in [0.2, 0.25) is 0 Å². The maximum atomic E-state index is 13.8. The van der Waals surface area contributed by atoms with Gasteiger partial charge in [0.15, 0.2) is 5.69 Å². The van der Waals surface area contributed by atoms with Crippen LogP contribution in [0.15, 0.2) is 54.7 Å². The number of rotatable bonds is 6. The summed E-state index contributed by atoms with van der Waals surface area (Å²) >= 11 is 0. The molecule has 1 aromatic heterocycles. The van der Waals surface area contributed by atoms with E-state index < -0.39 is 35.2 Å². The fraction of sp³-hybridized carbons (Fsp3) is 0.273. The Labute approximate surface area is 177 Å². The van der Waals surface area contributed by atoms with E-state index in [1.165, 1.54) is 30.3 Å². The molecular weight excluding hydrogens is 412 g/mol. The molecule has 0 spiro atoms. The van der Waals surface area contributed by atoms with Crippen LogP contribution in [0.5, 0.6) is 0 Å². The number of amides is 1. The Morgan fingerprint density at radius 2 is 1.84 bits per heavy atom. The highest BCUT2D eigenvalue weighted by Crippen LogP contribution is 2.33. The third-order valence-electron chi connectivity index (χ3n) is 4.87. The average Bonchev–Trinajstić information content (AvgIpc) is 3.14. The predicted octanol–water partition coefficient (Wildman–Crippen LogP) is 4.37. The van der Waals surface area contributed by atoms with Crippen LogP contribution >= 0.6 is 0 Å². The Kier molecular flexibility index (Phi) is 6.45. The van der Waals surface area contributed by atoms with Crippen LogP contribution < -0.4 is 5.32 Å². The lowest BCUT2D eigenvalue weighted by Crippen LogP contribution is -2.35. The summed E-state index contributed by atoms with van der Waals surface area (Å²) < 4.78 is 55.7. The van der Waals surface area contributed by atoms with Crippen molar-refractivity contribution in [2.75, 3.05) is 20.6 Å². The van der Waals surface area contributed by atoms with Crippen LogP contribution in [0.3, 0.4) is 0 Å². The van der Waals surface area contributed by atoms with Gasteiger partial charge in [-0.25, -0.2) is 9.07 Å². The van der Waals surface area contributed by atoms with E-state index in [0.717, 1.165) is 11.8 Å². The summed E-state index contributed by atoms with van der Waals surface area (Å²) in [6.07, 6.45) is -3.89. The second kappa shape index (κ2) is 8.89. The minimum absolute atomic E-state index is 0.0116. The molecule has 9 heteroatoms. The van der Waals surface area contributed by atoms with Crippen LogP contribution in [0.25, 0.3) is 5.69 Å². The van der Waals surface area contributed by atoms with E-state index >= 15 is 0 Å². The molecule has 0 aliphatic heterocycles. The number of nitrogens with zero attached hydrogens (tertiary/aromatic N) is 3. The van der Waals surface area contributed by atoms with Crippen LogP contribution in [-0.4, -0.2) is 41.2 Å². The average molecular weight is 434 g/mol. The molecule has 1 amide bonds. The number of carbonyl (C=O) groups is 1. The molecule has 2 aromatic carbocycles. The van der Waals surface area contributed by atoms with Gasteiger partial charge in [0.1, 0.15) is 5.82 Å². The number of carbonyl (C=O) groups excluding carboxylic acids is 1. The minimum Gasteiger partial charge on any atom is -0.350 e. The van der Waals surface area contributed by atoms with E-state index in [0.29, 0.717) is 10.2 Å². The zero-order chi connectivity index (χ0) is 22.8. The Morgan fingerprint density at radius 1 is 1.16 bits per heavy atom. The fourth-order valence-electron chi connectivity index (χ4n) is 3.27. The van der Waals surface area contributed by atoms with Gasteiger partial charge in [-0.3, -0.25) is 4.79 Å². The highest BCUT2D eigenvalue weighted by atomic mass is 19.4. The molecule has 1 heterocycles. The number of halogens is 4. The van der Waals surface area contributed by atoms with E-state index in [2.05, 4.69) is 10.4 Å². The molecule has 0 bridgehead atoms. The number of hydrogen-bond donors (Lipinski definition) is 1. The van der Waals surface area contributed by atoms with Crippen LogP contribution in [0.1, 0.15) is 33.2 Å². The molecule has 0 saturated heterocycles. The molecule has 1 unspecified atom stereocenters. The summed E-state index contributed by atoms with van der Waals surface area (Å²) in [6.45, 7) is 1.80. The van der Waals surface area contributed by atoms with Gasteiger partial charge in [0, 0.05) is 6.54 Å². The fourth-order valence-corrected chi connectivity index (χ4v) is 3.27. The molecule has 0 aliphatic carbocycles. The number of benzene rings is 2. The van der Waals surface area contributed by atoms with E-state index in [9.17, 15) is 22.4 Å². The van der Waals surface area contributed by atoms with Crippen molar-refractivity contribution in [2.24, 2.45) is 0 Å². The number of aryl methyl sites for hydroxylation is 1. The van der Waals surface area contributed by atoms with Gasteiger partial charge in [-0.15, -0.1) is 0 Å². The zero-order valence-electron chi connectivity index (χ0n) is 17.2. The summed E-state index contributed by atoms with van der Waals surface area (Å²) in [5, 5.41) is 6.34. The first-order valence-electron chi connectivity index (χ1n) is 9.50. The number of likely N-dealkylation sites (N-methyl/N-ethyl adjacent to an activating group) is 1. The molecule has 0 aliphatic rings. The molecule has 0 radical (unpaired) electrons. The maximum absolute atomic E-state index is 13.8. The number of hydrogen-bond acceptors (Lipinski definition) is 3. The minimum atomic E-state index is -4.79. The van der Waals surface area contributed by atoms with Crippen molar-refractivity contribution >= 4 is 5.91 Å². The van der Waals surface area contributed by atoms with Crippen molar-refractivity contribution < 1.29 is 22.4 Å². The van der Waals surface area contributed by atoms with Crippen molar-refractivity contribution in [1.29, 1.82) is 0 Å². The molecule has 0 fully saturated rings. The van der Waals surface area contributed by atoms with Gasteiger partial charge in [-0.1, -0.05) is 29.8 Å². The van der Waals surface area contributed by atoms with E-state index in [-0.39, 0.29) is 12.2 Å². The van der Waals surface area contributed by atoms with E-state index in [4.69, 9.17) is 0 Å². The van der Waals surface area contributed by atoms with Crippen molar-refractivity contribution in [3.8, 4) is 5.69 Å². The normalized spacial score (nSPS) is 12.8. The second-order valence-electron chi connectivity index (χ2n) is 7.40. The first-order chi connectivity index (χ1) is 14.6.